The van der Waals surface area contributed by atoms with Crippen molar-refractivity contribution in [3.8, 4) is 0 Å². The molecule has 80 valence electrons. The molecule has 2 heteroatoms. The zero-order valence-electron chi connectivity index (χ0n) is 9.08. The molecule has 4 rings (SSSR count). The van der Waals surface area contributed by atoms with Crippen molar-refractivity contribution in [1.82, 2.24) is 0 Å². The molecule has 0 aliphatic heterocycles. The summed E-state index contributed by atoms with van der Waals surface area (Å²) in [6, 6.07) is 0. The zero-order chi connectivity index (χ0) is 10.5. The lowest BCUT2D eigenvalue weighted by Gasteiger charge is -2.05. The van der Waals surface area contributed by atoms with E-state index in [0.717, 1.165) is 0 Å². The minimum Gasteiger partial charge on any atom is -0.155 e. The minimum absolute atomic E-state index is 0.545. The predicted octanol–water partition coefficient (Wildman–Crippen LogP) is 3.62. The molecule has 0 heterocycles. The molecule has 0 aromatic heterocycles. The van der Waals surface area contributed by atoms with Gasteiger partial charge in [-0.05, 0) is 24.7 Å². The summed E-state index contributed by atoms with van der Waals surface area (Å²) in [5.74, 6) is 2.35. The summed E-state index contributed by atoms with van der Waals surface area (Å²) in [7, 11) is 0. The Morgan fingerprint density at radius 2 is 1.25 bits per heavy atom. The summed E-state index contributed by atoms with van der Waals surface area (Å²) < 4.78 is 0. The second-order valence-corrected chi connectivity index (χ2v) is 5.16. The fraction of sp³-hybridized carbons (Fsp3) is 0.429. The van der Waals surface area contributed by atoms with Crippen molar-refractivity contribution in [2.75, 3.05) is 0 Å². The number of nitrogens with zero attached hydrogens (tertiary/aromatic N) is 2. The van der Waals surface area contributed by atoms with E-state index in [9.17, 15) is 0 Å². The number of allylic oxidation sites excluding steroid dienone is 6. The van der Waals surface area contributed by atoms with Crippen LogP contribution in [0.15, 0.2) is 58.1 Å². The van der Waals surface area contributed by atoms with Gasteiger partial charge in [-0.25, -0.2) is 0 Å². The summed E-state index contributed by atoms with van der Waals surface area (Å²) in [6.45, 7) is 0. The van der Waals surface area contributed by atoms with Gasteiger partial charge in [-0.3, -0.25) is 0 Å². The molecule has 0 aromatic rings. The maximum absolute atomic E-state index is 4.44. The van der Waals surface area contributed by atoms with Gasteiger partial charge in [0.15, 0.2) is 0 Å². The van der Waals surface area contributed by atoms with E-state index in [-0.39, 0.29) is 0 Å². The lowest BCUT2D eigenvalue weighted by atomic mass is 10.1. The summed E-state index contributed by atoms with van der Waals surface area (Å²) in [6.07, 6.45) is 16.1. The van der Waals surface area contributed by atoms with Crippen molar-refractivity contribution in [3.63, 3.8) is 0 Å². The molecule has 0 saturated heterocycles. The minimum atomic E-state index is 0.545. The third-order valence-corrected chi connectivity index (χ3v) is 4.04. The number of fused-ring (bicyclic) bond motifs is 4. The van der Waals surface area contributed by atoms with Gasteiger partial charge in [0.1, 0.15) is 0 Å². The van der Waals surface area contributed by atoms with Crippen molar-refractivity contribution >= 4 is 0 Å². The van der Waals surface area contributed by atoms with E-state index >= 15 is 0 Å². The number of hydrogen-bond acceptors (Lipinski definition) is 2. The van der Waals surface area contributed by atoms with E-state index in [1.165, 1.54) is 24.2 Å². The van der Waals surface area contributed by atoms with Gasteiger partial charge < -0.3 is 0 Å². The first-order valence-corrected chi connectivity index (χ1v) is 6.10. The Kier molecular flexibility index (Phi) is 1.65. The lowest BCUT2D eigenvalue weighted by molar-refractivity contribution is 0.688. The maximum Gasteiger partial charge on any atom is 0.0665 e. The van der Waals surface area contributed by atoms with E-state index < -0.39 is 0 Å². The van der Waals surface area contributed by atoms with Crippen molar-refractivity contribution in [2.24, 2.45) is 33.9 Å². The van der Waals surface area contributed by atoms with Gasteiger partial charge in [0, 0.05) is 11.8 Å². The normalized spacial score (nSPS) is 42.5. The molecule has 4 bridgehead atoms. The Hall–Kier alpha value is -1.44. The largest absolute Gasteiger partial charge is 0.155 e. The van der Waals surface area contributed by atoms with E-state index in [1.54, 1.807) is 0 Å². The highest BCUT2D eigenvalue weighted by Crippen LogP contribution is 2.41. The second-order valence-electron chi connectivity index (χ2n) is 5.16. The third-order valence-electron chi connectivity index (χ3n) is 4.04. The quantitative estimate of drug-likeness (QED) is 0.491. The number of hydrogen-bond donors (Lipinski definition) is 0. The van der Waals surface area contributed by atoms with Crippen LogP contribution >= 0.6 is 0 Å². The van der Waals surface area contributed by atoms with Crippen LogP contribution in [0.5, 0.6) is 0 Å². The highest BCUT2D eigenvalue weighted by molar-refractivity contribution is 5.31. The van der Waals surface area contributed by atoms with Crippen LogP contribution < -0.4 is 0 Å². The molecule has 0 radical (unpaired) electrons. The molecule has 0 aromatic carbocycles. The highest BCUT2D eigenvalue weighted by Gasteiger charge is 2.30. The van der Waals surface area contributed by atoms with Crippen LogP contribution in [0.2, 0.25) is 0 Å². The topological polar surface area (TPSA) is 24.7 Å². The standard InChI is InChI=1S/C14H14N2/c1-3-11-5-9(1)7-13(11)15-16-14-8-10-2-4-12(14)6-10/h1-4,7-12H,5-6H2. The van der Waals surface area contributed by atoms with Gasteiger partial charge in [-0.2, -0.15) is 10.2 Å². The molecule has 4 aliphatic rings. The van der Waals surface area contributed by atoms with Crippen molar-refractivity contribution in [1.29, 1.82) is 0 Å². The van der Waals surface area contributed by atoms with Crippen LogP contribution in [0.25, 0.3) is 0 Å². The Labute approximate surface area is 95.1 Å². The summed E-state index contributed by atoms with van der Waals surface area (Å²) >= 11 is 0. The van der Waals surface area contributed by atoms with Crippen LogP contribution in [0, 0.1) is 23.7 Å². The molecule has 4 aliphatic carbocycles. The summed E-state index contributed by atoms with van der Waals surface area (Å²) in [4.78, 5) is 0. The SMILES string of the molecule is C1=CC2CC1C=C2N=NC1=CC2C=CC1C2. The Balaban J connectivity index is 1.53. The molecule has 0 amide bonds. The Bertz CT molecular complexity index is 435. The van der Waals surface area contributed by atoms with Gasteiger partial charge in [-0.15, -0.1) is 0 Å². The number of rotatable bonds is 2. The van der Waals surface area contributed by atoms with Gasteiger partial charge >= 0.3 is 0 Å². The molecule has 4 atom stereocenters. The summed E-state index contributed by atoms with van der Waals surface area (Å²) in [5, 5.41) is 8.88. The molecule has 0 N–H and O–H groups in total. The first-order chi connectivity index (χ1) is 7.88. The maximum atomic E-state index is 4.44. The van der Waals surface area contributed by atoms with Gasteiger partial charge in [0.05, 0.1) is 11.4 Å². The average Bonchev–Trinajstić information content (AvgIpc) is 3.05. The van der Waals surface area contributed by atoms with Gasteiger partial charge in [0.2, 0.25) is 0 Å². The zero-order valence-corrected chi connectivity index (χ0v) is 9.08. The molecule has 16 heavy (non-hydrogen) atoms. The van der Waals surface area contributed by atoms with Gasteiger partial charge in [0.25, 0.3) is 0 Å². The first-order valence-electron chi connectivity index (χ1n) is 6.10. The molecule has 0 fully saturated rings. The molecule has 0 saturated carbocycles. The predicted molar refractivity (Wildman–Crippen MR) is 62.5 cm³/mol. The third kappa shape index (κ3) is 1.19. The fourth-order valence-corrected chi connectivity index (χ4v) is 3.16. The van der Waals surface area contributed by atoms with Crippen LogP contribution in [0.3, 0.4) is 0 Å². The molecular formula is C14H14N2. The van der Waals surface area contributed by atoms with Crippen molar-refractivity contribution in [3.05, 3.63) is 47.9 Å². The lowest BCUT2D eigenvalue weighted by Crippen LogP contribution is -1.92. The van der Waals surface area contributed by atoms with Crippen LogP contribution in [-0.2, 0) is 0 Å². The first kappa shape index (κ1) is 8.68. The summed E-state index contributed by atoms with van der Waals surface area (Å²) in [5.41, 5.74) is 2.36. The smallest absolute Gasteiger partial charge is 0.0665 e. The van der Waals surface area contributed by atoms with Crippen LogP contribution in [-0.4, -0.2) is 0 Å². The van der Waals surface area contributed by atoms with Gasteiger partial charge in [-0.1, -0.05) is 36.5 Å². The molecule has 0 spiro atoms. The monoisotopic (exact) mass is 210 g/mol. The van der Waals surface area contributed by atoms with Crippen molar-refractivity contribution in [2.45, 2.75) is 12.8 Å². The fourth-order valence-electron chi connectivity index (χ4n) is 3.16. The Morgan fingerprint density at radius 1 is 0.750 bits per heavy atom. The highest BCUT2D eigenvalue weighted by atomic mass is 15.1. The number of azo groups is 1. The van der Waals surface area contributed by atoms with E-state index in [2.05, 4.69) is 46.7 Å². The molecule has 2 nitrogen and oxygen atoms in total. The van der Waals surface area contributed by atoms with Crippen LogP contribution in [0.4, 0.5) is 0 Å². The van der Waals surface area contributed by atoms with E-state index in [4.69, 9.17) is 0 Å². The van der Waals surface area contributed by atoms with Crippen molar-refractivity contribution < 1.29 is 0 Å². The molecular weight excluding hydrogens is 196 g/mol. The average molecular weight is 210 g/mol. The second kappa shape index (κ2) is 3.03. The molecule has 4 unspecified atom stereocenters. The Morgan fingerprint density at radius 3 is 1.56 bits per heavy atom. The van der Waals surface area contributed by atoms with E-state index in [0.29, 0.717) is 23.7 Å². The van der Waals surface area contributed by atoms with Crippen LogP contribution in [0.1, 0.15) is 12.8 Å². The van der Waals surface area contributed by atoms with E-state index in [1.807, 2.05) is 0 Å².